The molecule has 3 nitrogen and oxygen atoms in total. The number of hydrogen-bond acceptors (Lipinski definition) is 3. The van der Waals surface area contributed by atoms with Gasteiger partial charge in [0.1, 0.15) is 0 Å². The van der Waals surface area contributed by atoms with Gasteiger partial charge in [0, 0.05) is 12.0 Å². The molecule has 0 N–H and O–H groups in total. The third-order valence-electron chi connectivity index (χ3n) is 1.67. The van der Waals surface area contributed by atoms with Crippen LogP contribution in [0.5, 0.6) is 0 Å². The molecule has 0 aromatic heterocycles. The standard InChI is InChI=1S/C10H14O3/c1-8(2)10(11)13-9-6-4-3-5-7-12-9/h3-4,9H,1,5-7H2,2H3. The molecular formula is C10H14O3. The molecule has 0 fully saturated rings. The van der Waals surface area contributed by atoms with E-state index in [1.54, 1.807) is 6.92 Å². The van der Waals surface area contributed by atoms with E-state index < -0.39 is 6.29 Å². The van der Waals surface area contributed by atoms with E-state index in [0.29, 0.717) is 18.6 Å². The Morgan fingerprint density at radius 3 is 3.08 bits per heavy atom. The maximum atomic E-state index is 11.1. The first-order chi connectivity index (χ1) is 6.20. The number of carbonyl (C=O) groups is 1. The van der Waals surface area contributed by atoms with Gasteiger partial charge in [0.2, 0.25) is 6.29 Å². The summed E-state index contributed by atoms with van der Waals surface area (Å²) in [7, 11) is 0. The second-order valence-corrected chi connectivity index (χ2v) is 2.98. The molecule has 0 aliphatic carbocycles. The van der Waals surface area contributed by atoms with Gasteiger partial charge in [-0.3, -0.25) is 0 Å². The third-order valence-corrected chi connectivity index (χ3v) is 1.67. The normalized spacial score (nSPS) is 22.1. The minimum absolute atomic E-state index is 0.389. The summed E-state index contributed by atoms with van der Waals surface area (Å²) in [4.78, 5) is 11.1. The number of esters is 1. The quantitative estimate of drug-likeness (QED) is 0.371. The van der Waals surface area contributed by atoms with Gasteiger partial charge in [-0.15, -0.1) is 0 Å². The lowest BCUT2D eigenvalue weighted by atomic mass is 10.3. The Balaban J connectivity index is 2.39. The van der Waals surface area contributed by atoms with E-state index in [2.05, 4.69) is 6.58 Å². The first-order valence-corrected chi connectivity index (χ1v) is 4.33. The highest BCUT2D eigenvalue weighted by molar-refractivity contribution is 5.87. The lowest BCUT2D eigenvalue weighted by molar-refractivity contribution is -0.172. The van der Waals surface area contributed by atoms with Gasteiger partial charge >= 0.3 is 5.97 Å². The highest BCUT2D eigenvalue weighted by atomic mass is 16.7. The zero-order valence-corrected chi connectivity index (χ0v) is 7.79. The Hall–Kier alpha value is -1.09. The molecule has 1 atom stereocenters. The van der Waals surface area contributed by atoms with E-state index >= 15 is 0 Å². The number of hydrogen-bond donors (Lipinski definition) is 0. The summed E-state index contributed by atoms with van der Waals surface area (Å²) < 4.78 is 10.3. The van der Waals surface area contributed by atoms with E-state index in [9.17, 15) is 4.79 Å². The van der Waals surface area contributed by atoms with E-state index in [1.165, 1.54) is 0 Å². The highest BCUT2D eigenvalue weighted by Gasteiger charge is 2.14. The van der Waals surface area contributed by atoms with Crippen LogP contribution in [0, 0.1) is 0 Å². The Morgan fingerprint density at radius 2 is 2.38 bits per heavy atom. The fourth-order valence-electron chi connectivity index (χ4n) is 0.963. The van der Waals surface area contributed by atoms with Gasteiger partial charge in [-0.1, -0.05) is 18.7 Å². The van der Waals surface area contributed by atoms with Gasteiger partial charge in [-0.25, -0.2) is 4.79 Å². The van der Waals surface area contributed by atoms with Gasteiger partial charge in [0.15, 0.2) is 0 Å². The van der Waals surface area contributed by atoms with Gasteiger partial charge in [-0.2, -0.15) is 0 Å². The van der Waals surface area contributed by atoms with Gasteiger partial charge in [0.05, 0.1) is 6.61 Å². The van der Waals surface area contributed by atoms with Gasteiger partial charge < -0.3 is 9.47 Å². The highest BCUT2D eigenvalue weighted by Crippen LogP contribution is 2.09. The molecule has 1 heterocycles. The summed E-state index contributed by atoms with van der Waals surface area (Å²) in [6.45, 7) is 5.72. The van der Waals surface area contributed by atoms with Crippen LogP contribution >= 0.6 is 0 Å². The molecular weight excluding hydrogens is 168 g/mol. The third kappa shape index (κ3) is 3.42. The lowest BCUT2D eigenvalue weighted by Crippen LogP contribution is -2.20. The maximum absolute atomic E-state index is 11.1. The minimum atomic E-state index is -0.442. The van der Waals surface area contributed by atoms with E-state index in [-0.39, 0.29) is 5.97 Å². The monoisotopic (exact) mass is 182 g/mol. The van der Waals surface area contributed by atoms with Crippen molar-refractivity contribution < 1.29 is 14.3 Å². The Bertz CT molecular complexity index is 230. The molecule has 13 heavy (non-hydrogen) atoms. The zero-order chi connectivity index (χ0) is 9.68. The average molecular weight is 182 g/mol. The zero-order valence-electron chi connectivity index (χ0n) is 7.79. The number of ether oxygens (including phenoxy) is 2. The van der Waals surface area contributed by atoms with Crippen LogP contribution in [0.15, 0.2) is 24.3 Å². The minimum Gasteiger partial charge on any atom is -0.432 e. The Labute approximate surface area is 78.0 Å². The van der Waals surface area contributed by atoms with Crippen molar-refractivity contribution >= 4 is 5.97 Å². The summed E-state index contributed by atoms with van der Waals surface area (Å²) in [5.41, 5.74) is 0.400. The predicted molar refractivity (Wildman–Crippen MR) is 49.0 cm³/mol. The fourth-order valence-corrected chi connectivity index (χ4v) is 0.963. The van der Waals surface area contributed by atoms with Crippen molar-refractivity contribution in [3.63, 3.8) is 0 Å². The molecule has 3 heteroatoms. The predicted octanol–water partition coefficient (Wildman–Crippen LogP) is 1.80. The topological polar surface area (TPSA) is 35.5 Å². The molecule has 0 saturated carbocycles. The SMILES string of the molecule is C=C(C)C(=O)OC1CC=CCCO1. The second kappa shape index (κ2) is 4.82. The van der Waals surface area contributed by atoms with Crippen LogP contribution < -0.4 is 0 Å². The summed E-state index contributed by atoms with van der Waals surface area (Å²) in [6, 6.07) is 0. The van der Waals surface area contributed by atoms with Crippen LogP contribution in [0.25, 0.3) is 0 Å². The molecule has 0 amide bonds. The van der Waals surface area contributed by atoms with E-state index in [4.69, 9.17) is 9.47 Å². The average Bonchev–Trinajstić information content (AvgIpc) is 2.32. The van der Waals surface area contributed by atoms with E-state index in [1.807, 2.05) is 12.2 Å². The molecule has 0 bridgehead atoms. The fraction of sp³-hybridized carbons (Fsp3) is 0.500. The number of carbonyl (C=O) groups excluding carboxylic acids is 1. The summed E-state index contributed by atoms with van der Waals surface area (Å²) in [5, 5.41) is 0. The van der Waals surface area contributed by atoms with Crippen molar-refractivity contribution in [2.75, 3.05) is 6.61 Å². The number of rotatable bonds is 2. The molecule has 0 aromatic carbocycles. The molecule has 0 saturated heterocycles. The van der Waals surface area contributed by atoms with Crippen LogP contribution in [0.1, 0.15) is 19.8 Å². The Kier molecular flexibility index (Phi) is 3.71. The van der Waals surface area contributed by atoms with Crippen molar-refractivity contribution in [3.8, 4) is 0 Å². The largest absolute Gasteiger partial charge is 0.432 e. The molecule has 0 spiro atoms. The van der Waals surface area contributed by atoms with Crippen LogP contribution in [-0.4, -0.2) is 18.9 Å². The molecule has 1 aliphatic rings. The van der Waals surface area contributed by atoms with Crippen molar-refractivity contribution in [2.24, 2.45) is 0 Å². The summed E-state index contributed by atoms with van der Waals surface area (Å²) >= 11 is 0. The summed E-state index contributed by atoms with van der Waals surface area (Å²) in [5.74, 6) is -0.389. The Morgan fingerprint density at radius 1 is 1.62 bits per heavy atom. The van der Waals surface area contributed by atoms with E-state index in [0.717, 1.165) is 6.42 Å². The van der Waals surface area contributed by atoms with Crippen molar-refractivity contribution in [3.05, 3.63) is 24.3 Å². The van der Waals surface area contributed by atoms with Gasteiger partial charge in [0.25, 0.3) is 0 Å². The van der Waals surface area contributed by atoms with Crippen LogP contribution in [-0.2, 0) is 14.3 Å². The van der Waals surface area contributed by atoms with Crippen molar-refractivity contribution in [1.82, 2.24) is 0 Å². The van der Waals surface area contributed by atoms with Crippen LogP contribution in [0.2, 0.25) is 0 Å². The van der Waals surface area contributed by atoms with Crippen LogP contribution in [0.3, 0.4) is 0 Å². The summed E-state index contributed by atoms with van der Waals surface area (Å²) in [6.07, 6.45) is 5.04. The van der Waals surface area contributed by atoms with Crippen molar-refractivity contribution in [1.29, 1.82) is 0 Å². The first kappa shape index (κ1) is 9.99. The molecule has 72 valence electrons. The molecule has 0 aromatic rings. The van der Waals surface area contributed by atoms with Crippen molar-refractivity contribution in [2.45, 2.75) is 26.1 Å². The van der Waals surface area contributed by atoms with Crippen LogP contribution in [0.4, 0.5) is 0 Å². The van der Waals surface area contributed by atoms with Gasteiger partial charge in [-0.05, 0) is 13.3 Å². The second-order valence-electron chi connectivity index (χ2n) is 2.98. The molecule has 0 radical (unpaired) electrons. The smallest absolute Gasteiger partial charge is 0.335 e. The molecule has 1 aliphatic heterocycles. The lowest BCUT2D eigenvalue weighted by Gasteiger charge is -2.14. The molecule has 1 unspecified atom stereocenters. The maximum Gasteiger partial charge on any atom is 0.335 e. The molecule has 1 rings (SSSR count). The first-order valence-electron chi connectivity index (χ1n) is 4.33.